The molecular formula is C22H23Cl3N6. The van der Waals surface area contributed by atoms with Gasteiger partial charge in [-0.3, -0.25) is 0 Å². The Hall–Kier alpha value is -2.41. The molecule has 31 heavy (non-hydrogen) atoms. The van der Waals surface area contributed by atoms with Crippen molar-refractivity contribution < 1.29 is 0 Å². The van der Waals surface area contributed by atoms with E-state index in [1.807, 2.05) is 31.1 Å². The number of rotatable bonds is 5. The molecule has 2 heterocycles. The van der Waals surface area contributed by atoms with Crippen molar-refractivity contribution in [2.45, 2.75) is 0 Å². The van der Waals surface area contributed by atoms with Crippen LogP contribution < -0.4 is 20.0 Å². The number of benzene rings is 2. The number of halogens is 3. The van der Waals surface area contributed by atoms with Gasteiger partial charge in [0, 0.05) is 52.0 Å². The molecule has 3 aromatic rings. The Morgan fingerprint density at radius 3 is 2.19 bits per heavy atom. The normalized spacial score (nSPS) is 14.0. The van der Waals surface area contributed by atoms with Gasteiger partial charge in [-0.25, -0.2) is 0 Å². The van der Waals surface area contributed by atoms with Gasteiger partial charge in [0.15, 0.2) is 0 Å². The van der Waals surface area contributed by atoms with Crippen LogP contribution in [0.5, 0.6) is 0 Å². The fourth-order valence-corrected chi connectivity index (χ4v) is 4.00. The molecule has 1 aliphatic heterocycles. The van der Waals surface area contributed by atoms with Gasteiger partial charge in [-0.1, -0.05) is 53.0 Å². The van der Waals surface area contributed by atoms with E-state index >= 15 is 0 Å². The van der Waals surface area contributed by atoms with E-state index in [9.17, 15) is 0 Å². The van der Waals surface area contributed by atoms with Crippen molar-refractivity contribution >= 4 is 63.8 Å². The first-order chi connectivity index (χ1) is 14.9. The summed E-state index contributed by atoms with van der Waals surface area (Å²) in [5.41, 5.74) is 1.88. The standard InChI is InChI=1S/C22H23Cl3N6/c1-29(2)19-14-18(26-17-9-8-16(23)20(24)21(17)25)27-22(28-19)31-12-10-30(11-13-31)15-6-4-3-5-7-15/h3-9,14H,10-13H2,1-2H3,(H,26,27,28). The number of hydrogen-bond acceptors (Lipinski definition) is 6. The SMILES string of the molecule is CN(C)c1cc(Nc2ccc(Cl)c(Cl)c2Cl)nc(N2CCN(c3ccccc3)CC2)n1. The quantitative estimate of drug-likeness (QED) is 0.485. The number of anilines is 5. The number of para-hydroxylation sites is 1. The summed E-state index contributed by atoms with van der Waals surface area (Å²) in [5, 5.41) is 4.34. The molecule has 0 amide bonds. The van der Waals surface area contributed by atoms with E-state index in [1.54, 1.807) is 12.1 Å². The topological polar surface area (TPSA) is 47.5 Å². The highest BCUT2D eigenvalue weighted by molar-refractivity contribution is 6.49. The zero-order chi connectivity index (χ0) is 22.0. The Labute approximate surface area is 197 Å². The summed E-state index contributed by atoms with van der Waals surface area (Å²) < 4.78 is 0. The van der Waals surface area contributed by atoms with E-state index in [2.05, 4.69) is 39.4 Å². The molecule has 9 heteroatoms. The van der Waals surface area contributed by atoms with Crippen LogP contribution in [0.4, 0.5) is 29.0 Å². The fourth-order valence-electron chi connectivity index (χ4n) is 3.42. The zero-order valence-corrected chi connectivity index (χ0v) is 19.6. The minimum atomic E-state index is 0.312. The predicted octanol–water partition coefficient (Wildman–Crippen LogP) is 5.57. The third-order valence-electron chi connectivity index (χ3n) is 5.14. The van der Waals surface area contributed by atoms with Gasteiger partial charge in [0.2, 0.25) is 5.95 Å². The van der Waals surface area contributed by atoms with Crippen LogP contribution in [0.3, 0.4) is 0 Å². The van der Waals surface area contributed by atoms with Crippen LogP contribution in [0.2, 0.25) is 15.1 Å². The minimum Gasteiger partial charge on any atom is -0.368 e. The maximum atomic E-state index is 6.36. The van der Waals surface area contributed by atoms with Gasteiger partial charge in [0.1, 0.15) is 11.6 Å². The van der Waals surface area contributed by atoms with E-state index in [-0.39, 0.29) is 0 Å². The summed E-state index contributed by atoms with van der Waals surface area (Å²) in [6.07, 6.45) is 0. The average Bonchev–Trinajstić information content (AvgIpc) is 2.80. The Morgan fingerprint density at radius 1 is 0.839 bits per heavy atom. The number of aromatic nitrogens is 2. The van der Waals surface area contributed by atoms with Crippen molar-refractivity contribution in [1.29, 1.82) is 0 Å². The van der Waals surface area contributed by atoms with Gasteiger partial charge in [-0.05, 0) is 24.3 Å². The van der Waals surface area contributed by atoms with Crippen molar-refractivity contribution in [2.75, 3.05) is 60.3 Å². The summed E-state index contributed by atoms with van der Waals surface area (Å²) in [7, 11) is 3.91. The third kappa shape index (κ3) is 4.92. The van der Waals surface area contributed by atoms with Crippen molar-refractivity contribution in [3.8, 4) is 0 Å². The molecule has 1 saturated heterocycles. The van der Waals surface area contributed by atoms with Crippen LogP contribution in [-0.4, -0.2) is 50.2 Å². The highest BCUT2D eigenvalue weighted by Crippen LogP contribution is 2.37. The molecular weight excluding hydrogens is 455 g/mol. The molecule has 0 atom stereocenters. The Morgan fingerprint density at radius 2 is 1.52 bits per heavy atom. The highest BCUT2D eigenvalue weighted by Gasteiger charge is 2.21. The van der Waals surface area contributed by atoms with Crippen LogP contribution in [0.15, 0.2) is 48.5 Å². The van der Waals surface area contributed by atoms with E-state index in [1.165, 1.54) is 5.69 Å². The lowest BCUT2D eigenvalue weighted by molar-refractivity contribution is 0.640. The number of hydrogen-bond donors (Lipinski definition) is 1. The molecule has 0 aliphatic carbocycles. The van der Waals surface area contributed by atoms with E-state index < -0.39 is 0 Å². The predicted molar refractivity (Wildman–Crippen MR) is 132 cm³/mol. The molecule has 1 aromatic heterocycles. The molecule has 6 nitrogen and oxygen atoms in total. The van der Waals surface area contributed by atoms with Gasteiger partial charge >= 0.3 is 0 Å². The monoisotopic (exact) mass is 476 g/mol. The van der Waals surface area contributed by atoms with Crippen LogP contribution >= 0.6 is 34.8 Å². The average molecular weight is 478 g/mol. The first-order valence-corrected chi connectivity index (χ1v) is 11.1. The van der Waals surface area contributed by atoms with Gasteiger partial charge in [0.25, 0.3) is 0 Å². The van der Waals surface area contributed by atoms with Crippen LogP contribution in [0.25, 0.3) is 0 Å². The van der Waals surface area contributed by atoms with Crippen molar-refractivity contribution in [2.24, 2.45) is 0 Å². The lowest BCUT2D eigenvalue weighted by Crippen LogP contribution is -2.47. The van der Waals surface area contributed by atoms with Gasteiger partial charge in [0.05, 0.1) is 20.8 Å². The molecule has 162 valence electrons. The van der Waals surface area contributed by atoms with E-state index in [0.717, 1.165) is 32.0 Å². The molecule has 0 radical (unpaired) electrons. The third-order valence-corrected chi connectivity index (χ3v) is 6.43. The van der Waals surface area contributed by atoms with Crippen LogP contribution in [0, 0.1) is 0 Å². The fraction of sp³-hybridized carbons (Fsp3) is 0.273. The molecule has 0 bridgehead atoms. The second-order valence-corrected chi connectivity index (χ2v) is 8.63. The van der Waals surface area contributed by atoms with Crippen molar-refractivity contribution in [3.63, 3.8) is 0 Å². The van der Waals surface area contributed by atoms with Crippen molar-refractivity contribution in [3.05, 3.63) is 63.6 Å². The zero-order valence-electron chi connectivity index (χ0n) is 17.3. The largest absolute Gasteiger partial charge is 0.368 e. The van der Waals surface area contributed by atoms with E-state index in [4.69, 9.17) is 44.8 Å². The molecule has 2 aromatic carbocycles. The van der Waals surface area contributed by atoms with Gasteiger partial charge in [-0.15, -0.1) is 0 Å². The summed E-state index contributed by atoms with van der Waals surface area (Å²) in [4.78, 5) is 16.0. The van der Waals surface area contributed by atoms with Crippen molar-refractivity contribution in [1.82, 2.24) is 9.97 Å². The second kappa shape index (κ2) is 9.39. The Balaban J connectivity index is 1.56. The highest BCUT2D eigenvalue weighted by atomic mass is 35.5. The molecule has 1 N–H and O–H groups in total. The second-order valence-electron chi connectivity index (χ2n) is 7.46. The lowest BCUT2D eigenvalue weighted by atomic mass is 10.2. The molecule has 0 saturated carbocycles. The van der Waals surface area contributed by atoms with Gasteiger partial charge < -0.3 is 20.0 Å². The van der Waals surface area contributed by atoms with Crippen LogP contribution in [0.1, 0.15) is 0 Å². The molecule has 0 unspecified atom stereocenters. The Bertz CT molecular complexity index is 1050. The summed E-state index contributed by atoms with van der Waals surface area (Å²) >= 11 is 18.6. The molecule has 4 rings (SSSR count). The first-order valence-electron chi connectivity index (χ1n) is 9.94. The number of piperazine rings is 1. The number of nitrogens with zero attached hydrogens (tertiary/aromatic N) is 5. The molecule has 0 spiro atoms. The summed E-state index contributed by atoms with van der Waals surface area (Å²) in [5.74, 6) is 2.12. The lowest BCUT2D eigenvalue weighted by Gasteiger charge is -2.36. The van der Waals surface area contributed by atoms with Gasteiger partial charge in [-0.2, -0.15) is 9.97 Å². The maximum Gasteiger partial charge on any atom is 0.229 e. The first kappa shape index (κ1) is 21.8. The maximum absolute atomic E-state index is 6.36. The number of nitrogens with one attached hydrogen (secondary N) is 1. The van der Waals surface area contributed by atoms with E-state index in [0.29, 0.717) is 32.5 Å². The smallest absolute Gasteiger partial charge is 0.229 e. The summed E-state index contributed by atoms with van der Waals surface area (Å²) in [6, 6.07) is 15.8. The van der Waals surface area contributed by atoms with Crippen LogP contribution in [-0.2, 0) is 0 Å². The molecule has 1 fully saturated rings. The summed E-state index contributed by atoms with van der Waals surface area (Å²) in [6.45, 7) is 3.47. The Kier molecular flexibility index (Phi) is 6.60. The minimum absolute atomic E-state index is 0.312. The molecule has 1 aliphatic rings.